The van der Waals surface area contributed by atoms with Gasteiger partial charge in [0, 0.05) is 13.1 Å². The molecule has 2 N–H and O–H groups in total. The van der Waals surface area contributed by atoms with Crippen LogP contribution < -0.4 is 14.8 Å². The maximum Gasteiger partial charge on any atom is 0.257 e. The van der Waals surface area contributed by atoms with Gasteiger partial charge in [-0.25, -0.2) is 13.1 Å². The summed E-state index contributed by atoms with van der Waals surface area (Å²) in [7, 11) is -3.71. The number of ether oxygens (including phenoxy) is 1. The summed E-state index contributed by atoms with van der Waals surface area (Å²) in [6.07, 6.45) is 1.89. The van der Waals surface area contributed by atoms with Gasteiger partial charge in [-0.15, -0.1) is 0 Å². The minimum Gasteiger partial charge on any atom is -0.482 e. The van der Waals surface area contributed by atoms with Crippen LogP contribution in [0.25, 0.3) is 0 Å². The van der Waals surface area contributed by atoms with Crippen LogP contribution in [0, 0.1) is 0 Å². The summed E-state index contributed by atoms with van der Waals surface area (Å²) in [5, 5.41) is 2.85. The third kappa shape index (κ3) is 6.86. The number of unbranched alkanes of at least 4 members (excludes halogenated alkanes) is 1. The monoisotopic (exact) mass is 410 g/mol. The molecular formula is C19H23ClN2O4S. The number of amides is 1. The highest BCUT2D eigenvalue weighted by molar-refractivity contribution is 7.89. The molecule has 0 spiro atoms. The molecule has 0 aromatic heterocycles. The molecule has 0 heterocycles. The summed E-state index contributed by atoms with van der Waals surface area (Å²) < 4.78 is 32.7. The van der Waals surface area contributed by atoms with E-state index in [9.17, 15) is 13.2 Å². The lowest BCUT2D eigenvalue weighted by atomic mass is 10.2. The third-order valence-corrected chi connectivity index (χ3v) is 5.43. The third-order valence-electron chi connectivity index (χ3n) is 3.73. The first-order valence-corrected chi connectivity index (χ1v) is 10.5. The molecule has 2 aromatic rings. The molecule has 0 atom stereocenters. The van der Waals surface area contributed by atoms with Crippen molar-refractivity contribution in [2.24, 2.45) is 0 Å². The molecule has 2 aromatic carbocycles. The second-order valence-corrected chi connectivity index (χ2v) is 8.07. The van der Waals surface area contributed by atoms with E-state index in [4.69, 9.17) is 16.3 Å². The zero-order chi connectivity index (χ0) is 19.7. The van der Waals surface area contributed by atoms with Crippen LogP contribution in [0.5, 0.6) is 5.75 Å². The molecule has 0 unspecified atom stereocenters. The number of sulfonamides is 1. The number of halogens is 1. The zero-order valence-electron chi connectivity index (χ0n) is 15.1. The van der Waals surface area contributed by atoms with Crippen LogP contribution in [-0.4, -0.2) is 27.5 Å². The molecule has 0 bridgehead atoms. The predicted octanol–water partition coefficient (Wildman–Crippen LogP) is 3.11. The van der Waals surface area contributed by atoms with E-state index in [-0.39, 0.29) is 34.7 Å². The SMILES string of the molecule is CCCCNC(=O)COc1ccc(S(=O)(=O)NCc2ccccc2)cc1Cl. The summed E-state index contributed by atoms with van der Waals surface area (Å²) in [6, 6.07) is 13.3. The summed E-state index contributed by atoms with van der Waals surface area (Å²) >= 11 is 6.11. The van der Waals surface area contributed by atoms with Crippen molar-refractivity contribution in [1.82, 2.24) is 10.0 Å². The first-order chi connectivity index (χ1) is 12.9. The van der Waals surface area contributed by atoms with Gasteiger partial charge in [-0.05, 0) is 30.2 Å². The normalized spacial score (nSPS) is 11.2. The number of hydrogen-bond acceptors (Lipinski definition) is 4. The highest BCUT2D eigenvalue weighted by atomic mass is 35.5. The number of nitrogens with one attached hydrogen (secondary N) is 2. The van der Waals surface area contributed by atoms with Gasteiger partial charge in [0.2, 0.25) is 10.0 Å². The lowest BCUT2D eigenvalue weighted by Gasteiger charge is -2.11. The Morgan fingerprint density at radius 1 is 1.15 bits per heavy atom. The van der Waals surface area contributed by atoms with E-state index in [1.807, 2.05) is 37.3 Å². The molecule has 8 heteroatoms. The van der Waals surface area contributed by atoms with Gasteiger partial charge in [0.25, 0.3) is 5.91 Å². The number of carbonyl (C=O) groups excluding carboxylic acids is 1. The van der Waals surface area contributed by atoms with Crippen molar-refractivity contribution < 1.29 is 17.9 Å². The van der Waals surface area contributed by atoms with Crippen LogP contribution in [0.15, 0.2) is 53.4 Å². The highest BCUT2D eigenvalue weighted by Gasteiger charge is 2.16. The van der Waals surface area contributed by atoms with Crippen molar-refractivity contribution in [3.05, 3.63) is 59.1 Å². The molecule has 6 nitrogen and oxygen atoms in total. The fourth-order valence-corrected chi connectivity index (χ4v) is 3.57. The maximum absolute atomic E-state index is 12.4. The molecule has 0 saturated carbocycles. The Balaban J connectivity index is 1.95. The van der Waals surface area contributed by atoms with Crippen molar-refractivity contribution in [1.29, 1.82) is 0 Å². The van der Waals surface area contributed by atoms with E-state index in [1.165, 1.54) is 18.2 Å². The largest absolute Gasteiger partial charge is 0.482 e. The Bertz CT molecular complexity index is 857. The first kappa shape index (κ1) is 21.2. The average Bonchev–Trinajstić information content (AvgIpc) is 2.66. The molecule has 1 amide bonds. The Morgan fingerprint density at radius 2 is 1.89 bits per heavy atom. The molecular weight excluding hydrogens is 388 g/mol. The van der Waals surface area contributed by atoms with E-state index in [2.05, 4.69) is 10.0 Å². The van der Waals surface area contributed by atoms with Gasteiger partial charge in [-0.2, -0.15) is 0 Å². The van der Waals surface area contributed by atoms with Crippen molar-refractivity contribution in [2.75, 3.05) is 13.2 Å². The Morgan fingerprint density at radius 3 is 2.56 bits per heavy atom. The van der Waals surface area contributed by atoms with Gasteiger partial charge in [-0.1, -0.05) is 55.3 Å². The van der Waals surface area contributed by atoms with Crippen molar-refractivity contribution in [3.63, 3.8) is 0 Å². The van der Waals surface area contributed by atoms with Crippen LogP contribution in [0.4, 0.5) is 0 Å². The molecule has 2 rings (SSSR count). The molecule has 0 fully saturated rings. The Kier molecular flexibility index (Phi) is 8.09. The van der Waals surface area contributed by atoms with Gasteiger partial charge in [0.1, 0.15) is 5.75 Å². The highest BCUT2D eigenvalue weighted by Crippen LogP contribution is 2.27. The quantitative estimate of drug-likeness (QED) is 0.589. The van der Waals surface area contributed by atoms with E-state index in [1.54, 1.807) is 0 Å². The van der Waals surface area contributed by atoms with Crippen molar-refractivity contribution in [3.8, 4) is 5.75 Å². The predicted molar refractivity (Wildman–Crippen MR) is 105 cm³/mol. The van der Waals surface area contributed by atoms with Gasteiger partial charge >= 0.3 is 0 Å². The fraction of sp³-hybridized carbons (Fsp3) is 0.316. The van der Waals surface area contributed by atoms with Crippen LogP contribution in [0.2, 0.25) is 5.02 Å². The van der Waals surface area contributed by atoms with Crippen LogP contribution in [-0.2, 0) is 21.4 Å². The van der Waals surface area contributed by atoms with Gasteiger partial charge in [0.15, 0.2) is 6.61 Å². The number of benzene rings is 2. The first-order valence-electron chi connectivity index (χ1n) is 8.65. The lowest BCUT2D eigenvalue weighted by Crippen LogP contribution is -2.29. The maximum atomic E-state index is 12.4. The average molecular weight is 411 g/mol. The van der Waals surface area contributed by atoms with Crippen LogP contribution in [0.1, 0.15) is 25.3 Å². The van der Waals surface area contributed by atoms with Crippen LogP contribution >= 0.6 is 11.6 Å². The number of rotatable bonds is 10. The second-order valence-electron chi connectivity index (χ2n) is 5.89. The topological polar surface area (TPSA) is 84.5 Å². The Labute approximate surface area is 164 Å². The molecule has 27 heavy (non-hydrogen) atoms. The zero-order valence-corrected chi connectivity index (χ0v) is 16.6. The number of hydrogen-bond donors (Lipinski definition) is 2. The standard InChI is InChI=1S/C19H23ClN2O4S/c1-2-3-11-21-19(23)14-26-18-10-9-16(12-17(18)20)27(24,25)22-13-15-7-5-4-6-8-15/h4-10,12,22H,2-3,11,13-14H2,1H3,(H,21,23). The van der Waals surface area contributed by atoms with E-state index < -0.39 is 10.0 Å². The van der Waals surface area contributed by atoms with Crippen molar-refractivity contribution >= 4 is 27.5 Å². The Hall–Kier alpha value is -2.09. The second kappa shape index (κ2) is 10.3. The van der Waals surface area contributed by atoms with E-state index in [0.29, 0.717) is 6.54 Å². The number of carbonyl (C=O) groups is 1. The van der Waals surface area contributed by atoms with Gasteiger partial charge < -0.3 is 10.1 Å². The summed E-state index contributed by atoms with van der Waals surface area (Å²) in [5.41, 5.74) is 0.848. The molecule has 0 saturated heterocycles. The summed E-state index contributed by atoms with van der Waals surface area (Å²) in [4.78, 5) is 11.7. The minimum absolute atomic E-state index is 0.0307. The molecule has 0 aliphatic heterocycles. The molecule has 0 aliphatic rings. The van der Waals surface area contributed by atoms with Crippen molar-refractivity contribution in [2.45, 2.75) is 31.2 Å². The molecule has 0 radical (unpaired) electrons. The lowest BCUT2D eigenvalue weighted by molar-refractivity contribution is -0.123. The van der Waals surface area contributed by atoms with E-state index >= 15 is 0 Å². The smallest absolute Gasteiger partial charge is 0.257 e. The molecule has 146 valence electrons. The summed E-state index contributed by atoms with van der Waals surface area (Å²) in [5.74, 6) is 0.00469. The van der Waals surface area contributed by atoms with E-state index in [0.717, 1.165) is 18.4 Å². The van der Waals surface area contributed by atoms with Gasteiger partial charge in [0.05, 0.1) is 9.92 Å². The summed E-state index contributed by atoms with van der Waals surface area (Å²) in [6.45, 7) is 2.63. The van der Waals surface area contributed by atoms with Crippen LogP contribution in [0.3, 0.4) is 0 Å². The molecule has 0 aliphatic carbocycles. The van der Waals surface area contributed by atoms with Gasteiger partial charge in [-0.3, -0.25) is 4.79 Å². The fourth-order valence-electron chi connectivity index (χ4n) is 2.22. The minimum atomic E-state index is -3.71.